The quantitative estimate of drug-likeness (QED) is 0.687. The van der Waals surface area contributed by atoms with Gasteiger partial charge in [-0.2, -0.15) is 0 Å². The van der Waals surface area contributed by atoms with Crippen molar-refractivity contribution in [1.29, 1.82) is 0 Å². The molecule has 0 radical (unpaired) electrons. The fraction of sp³-hybridized carbons (Fsp3) is 0.444. The van der Waals surface area contributed by atoms with Crippen molar-refractivity contribution in [3.63, 3.8) is 0 Å². The van der Waals surface area contributed by atoms with Crippen LogP contribution in [-0.2, 0) is 16.0 Å². The fourth-order valence-electron chi connectivity index (χ4n) is 3.71. The zero-order valence-electron chi connectivity index (χ0n) is 14.4. The molecule has 3 N–H and O–H groups in total. The van der Waals surface area contributed by atoms with E-state index in [2.05, 4.69) is 10.6 Å². The van der Waals surface area contributed by atoms with Gasteiger partial charge >= 0.3 is 12.0 Å². The van der Waals surface area contributed by atoms with E-state index >= 15 is 0 Å². The van der Waals surface area contributed by atoms with Crippen molar-refractivity contribution < 1.29 is 24.3 Å². The first-order valence-corrected chi connectivity index (χ1v) is 8.54. The number of carboxylic acid groups (broad SMARTS) is 1. The van der Waals surface area contributed by atoms with Crippen molar-refractivity contribution in [2.24, 2.45) is 5.92 Å². The fourth-order valence-corrected chi connectivity index (χ4v) is 3.71. The molecule has 0 aromatic heterocycles. The van der Waals surface area contributed by atoms with E-state index in [1.807, 2.05) is 0 Å². The number of carbonyl (C=O) groups is 4. The summed E-state index contributed by atoms with van der Waals surface area (Å²) in [6.07, 6.45) is 1.22. The van der Waals surface area contributed by atoms with Crippen molar-refractivity contribution in [3.8, 4) is 0 Å². The van der Waals surface area contributed by atoms with Crippen LogP contribution in [0.4, 0.5) is 4.79 Å². The standard InChI is InChI=1S/C18H21N3O5/c1-18(16(25)19-17(26)20-18)12-6-8-21(9-7-12)14(22)10-11-4-2-3-5-13(11)15(23)24/h2-5,12H,6-10H2,1H3,(H,23,24)(H2,19,20,25,26). The van der Waals surface area contributed by atoms with Crippen molar-refractivity contribution >= 4 is 23.8 Å². The number of benzene rings is 1. The van der Waals surface area contributed by atoms with Gasteiger partial charge in [0.05, 0.1) is 12.0 Å². The topological polar surface area (TPSA) is 116 Å². The predicted octanol–water partition coefficient (Wildman–Crippen LogP) is 0.764. The summed E-state index contributed by atoms with van der Waals surface area (Å²) in [5.41, 5.74) is -0.322. The Kier molecular flexibility index (Phi) is 4.67. The van der Waals surface area contributed by atoms with Crippen LogP contribution in [0.25, 0.3) is 0 Å². The molecule has 2 heterocycles. The third-order valence-corrected chi connectivity index (χ3v) is 5.33. The average molecular weight is 359 g/mol. The molecule has 8 nitrogen and oxygen atoms in total. The van der Waals surface area contributed by atoms with Gasteiger partial charge in [0, 0.05) is 13.1 Å². The number of imide groups is 1. The van der Waals surface area contributed by atoms with Crippen LogP contribution >= 0.6 is 0 Å². The number of rotatable bonds is 4. The molecular weight excluding hydrogens is 338 g/mol. The van der Waals surface area contributed by atoms with Gasteiger partial charge in [0.25, 0.3) is 5.91 Å². The van der Waals surface area contributed by atoms with E-state index in [0.29, 0.717) is 31.5 Å². The van der Waals surface area contributed by atoms with Gasteiger partial charge in [-0.3, -0.25) is 14.9 Å². The smallest absolute Gasteiger partial charge is 0.335 e. The number of hydrogen-bond donors (Lipinski definition) is 3. The van der Waals surface area contributed by atoms with Crippen molar-refractivity contribution in [1.82, 2.24) is 15.5 Å². The monoisotopic (exact) mass is 359 g/mol. The average Bonchev–Trinajstić information content (AvgIpc) is 2.88. The van der Waals surface area contributed by atoms with Crippen LogP contribution in [-0.4, -0.2) is 52.4 Å². The zero-order chi connectivity index (χ0) is 18.9. The van der Waals surface area contributed by atoms with E-state index in [0.717, 1.165) is 0 Å². The molecule has 1 aromatic carbocycles. The minimum atomic E-state index is -1.05. The summed E-state index contributed by atoms with van der Waals surface area (Å²) in [4.78, 5) is 49.0. The Bertz CT molecular complexity index is 770. The summed E-state index contributed by atoms with van der Waals surface area (Å²) in [6.45, 7) is 2.65. The molecule has 3 rings (SSSR count). The van der Waals surface area contributed by atoms with Gasteiger partial charge in [-0.05, 0) is 37.3 Å². The predicted molar refractivity (Wildman–Crippen MR) is 91.5 cm³/mol. The highest BCUT2D eigenvalue weighted by Crippen LogP contribution is 2.30. The van der Waals surface area contributed by atoms with Gasteiger partial charge in [-0.1, -0.05) is 18.2 Å². The number of likely N-dealkylation sites (tertiary alicyclic amines) is 1. The third-order valence-electron chi connectivity index (χ3n) is 5.33. The SMILES string of the molecule is CC1(C2CCN(C(=O)Cc3ccccc3C(=O)O)CC2)NC(=O)NC1=O. The van der Waals surface area contributed by atoms with Crippen LogP contribution in [0, 0.1) is 5.92 Å². The summed E-state index contributed by atoms with van der Waals surface area (Å²) in [5.74, 6) is -1.57. The maximum Gasteiger partial charge on any atom is 0.335 e. The Hall–Kier alpha value is -2.90. The number of amides is 4. The first-order valence-electron chi connectivity index (χ1n) is 8.54. The van der Waals surface area contributed by atoms with Gasteiger partial charge in [0.2, 0.25) is 5.91 Å². The number of hydrogen-bond acceptors (Lipinski definition) is 4. The van der Waals surface area contributed by atoms with E-state index in [9.17, 15) is 24.3 Å². The molecule has 0 aliphatic carbocycles. The number of aromatic carboxylic acids is 1. The van der Waals surface area contributed by atoms with E-state index < -0.39 is 17.5 Å². The van der Waals surface area contributed by atoms with E-state index in [4.69, 9.17) is 0 Å². The van der Waals surface area contributed by atoms with Crippen molar-refractivity contribution in [2.45, 2.75) is 31.7 Å². The second-order valence-electron chi connectivity index (χ2n) is 6.90. The van der Waals surface area contributed by atoms with Crippen molar-refractivity contribution in [2.75, 3.05) is 13.1 Å². The van der Waals surface area contributed by atoms with Crippen LogP contribution in [0.3, 0.4) is 0 Å². The first-order chi connectivity index (χ1) is 12.3. The van der Waals surface area contributed by atoms with Crippen molar-refractivity contribution in [3.05, 3.63) is 35.4 Å². The third kappa shape index (κ3) is 3.26. The van der Waals surface area contributed by atoms with Gasteiger partial charge in [-0.25, -0.2) is 9.59 Å². The highest BCUT2D eigenvalue weighted by atomic mass is 16.4. The largest absolute Gasteiger partial charge is 0.478 e. The Labute approximate surface area is 150 Å². The lowest BCUT2D eigenvalue weighted by molar-refractivity contribution is -0.132. The summed E-state index contributed by atoms with van der Waals surface area (Å²) >= 11 is 0. The maximum atomic E-state index is 12.6. The molecule has 2 fully saturated rings. The van der Waals surface area contributed by atoms with Crippen LogP contribution in [0.5, 0.6) is 0 Å². The van der Waals surface area contributed by atoms with Gasteiger partial charge in [0.15, 0.2) is 0 Å². The van der Waals surface area contributed by atoms with Crippen LogP contribution in [0.15, 0.2) is 24.3 Å². The van der Waals surface area contributed by atoms with Gasteiger partial charge < -0.3 is 15.3 Å². The Balaban J connectivity index is 1.62. The molecule has 2 aliphatic heterocycles. The lowest BCUT2D eigenvalue weighted by atomic mass is 9.79. The molecule has 138 valence electrons. The molecule has 0 spiro atoms. The number of nitrogens with one attached hydrogen (secondary N) is 2. The number of piperidine rings is 1. The number of nitrogens with zero attached hydrogens (tertiary/aromatic N) is 1. The highest BCUT2D eigenvalue weighted by Gasteiger charge is 2.48. The van der Waals surface area contributed by atoms with Gasteiger partial charge in [0.1, 0.15) is 5.54 Å². The van der Waals surface area contributed by atoms with E-state index in [1.165, 1.54) is 6.07 Å². The lowest BCUT2D eigenvalue weighted by Gasteiger charge is -2.38. The Morgan fingerprint density at radius 3 is 2.46 bits per heavy atom. The number of urea groups is 1. The first kappa shape index (κ1) is 17.9. The summed E-state index contributed by atoms with van der Waals surface area (Å²) in [7, 11) is 0. The second-order valence-corrected chi connectivity index (χ2v) is 6.90. The molecule has 1 aromatic rings. The lowest BCUT2D eigenvalue weighted by Crippen LogP contribution is -2.54. The molecule has 2 saturated heterocycles. The molecule has 1 unspecified atom stereocenters. The van der Waals surface area contributed by atoms with Crippen LogP contribution < -0.4 is 10.6 Å². The molecule has 1 atom stereocenters. The maximum absolute atomic E-state index is 12.6. The summed E-state index contributed by atoms with van der Waals surface area (Å²) in [5, 5.41) is 14.2. The molecule has 4 amide bonds. The molecule has 0 bridgehead atoms. The molecule has 2 aliphatic rings. The van der Waals surface area contributed by atoms with Crippen LogP contribution in [0.2, 0.25) is 0 Å². The Morgan fingerprint density at radius 2 is 1.88 bits per heavy atom. The minimum absolute atomic E-state index is 0.0294. The number of carboxylic acids is 1. The van der Waals surface area contributed by atoms with Crippen LogP contribution in [0.1, 0.15) is 35.7 Å². The molecule has 8 heteroatoms. The molecular formula is C18H21N3O5. The number of carbonyl (C=O) groups excluding carboxylic acids is 3. The Morgan fingerprint density at radius 1 is 1.23 bits per heavy atom. The minimum Gasteiger partial charge on any atom is -0.478 e. The van der Waals surface area contributed by atoms with E-state index in [-0.39, 0.29) is 29.7 Å². The highest BCUT2D eigenvalue weighted by molar-refractivity contribution is 6.07. The molecule has 26 heavy (non-hydrogen) atoms. The van der Waals surface area contributed by atoms with E-state index in [1.54, 1.807) is 30.0 Å². The normalized spacial score (nSPS) is 23.5. The zero-order valence-corrected chi connectivity index (χ0v) is 14.4. The van der Waals surface area contributed by atoms with Gasteiger partial charge in [-0.15, -0.1) is 0 Å². The second kappa shape index (κ2) is 6.78. The molecule has 0 saturated carbocycles. The summed E-state index contributed by atoms with van der Waals surface area (Å²) in [6, 6.07) is 5.99. The summed E-state index contributed by atoms with van der Waals surface area (Å²) < 4.78 is 0.